The molecule has 0 atom stereocenters. The van der Waals surface area contributed by atoms with Crippen LogP contribution in [0.25, 0.3) is 10.9 Å². The highest BCUT2D eigenvalue weighted by Crippen LogP contribution is 2.37. The molecule has 1 N–H and O–H groups in total. The molecule has 0 aliphatic rings. The van der Waals surface area contributed by atoms with Crippen molar-refractivity contribution in [2.24, 2.45) is 0 Å². The smallest absolute Gasteiger partial charge is 0.416 e. The number of ether oxygens (including phenoxy) is 1. The first-order valence-electron chi connectivity index (χ1n) is 4.66. The summed E-state index contributed by atoms with van der Waals surface area (Å²) in [7, 11) is 1.36. The van der Waals surface area contributed by atoms with E-state index in [2.05, 4.69) is 4.98 Å². The quantitative estimate of drug-likeness (QED) is 0.795. The first kappa shape index (κ1) is 10.9. The van der Waals surface area contributed by atoms with Gasteiger partial charge in [-0.15, -0.1) is 0 Å². The third-order valence-electron chi connectivity index (χ3n) is 2.49. The van der Waals surface area contributed by atoms with Crippen LogP contribution >= 0.6 is 0 Å². The second-order valence-corrected chi connectivity index (χ2v) is 3.57. The zero-order valence-electron chi connectivity index (χ0n) is 8.77. The van der Waals surface area contributed by atoms with Crippen LogP contribution in [0.1, 0.15) is 11.1 Å². The zero-order chi connectivity index (χ0) is 11.9. The van der Waals surface area contributed by atoms with E-state index in [1.807, 2.05) is 6.92 Å². The molecular formula is C11H10F3NO. The number of nitrogens with one attached hydrogen (secondary N) is 1. The summed E-state index contributed by atoms with van der Waals surface area (Å²) in [5.74, 6) is 0.239. The van der Waals surface area contributed by atoms with Crippen molar-refractivity contribution in [2.45, 2.75) is 13.1 Å². The summed E-state index contributed by atoms with van der Waals surface area (Å²) in [4.78, 5) is 2.80. The van der Waals surface area contributed by atoms with E-state index in [9.17, 15) is 13.2 Å². The van der Waals surface area contributed by atoms with Crippen LogP contribution in [-0.4, -0.2) is 12.1 Å². The maximum absolute atomic E-state index is 12.6. The summed E-state index contributed by atoms with van der Waals surface area (Å²) in [5.41, 5.74) is 0.587. The molecule has 0 aliphatic carbocycles. The monoisotopic (exact) mass is 229 g/mol. The summed E-state index contributed by atoms with van der Waals surface area (Å²) in [6.45, 7) is 1.81. The Morgan fingerprint density at radius 3 is 2.50 bits per heavy atom. The summed E-state index contributed by atoms with van der Waals surface area (Å²) >= 11 is 0. The lowest BCUT2D eigenvalue weighted by atomic mass is 10.1. The molecule has 0 spiro atoms. The van der Waals surface area contributed by atoms with E-state index in [-0.39, 0.29) is 5.75 Å². The predicted octanol–water partition coefficient (Wildman–Crippen LogP) is 3.50. The van der Waals surface area contributed by atoms with E-state index in [0.717, 1.165) is 17.7 Å². The van der Waals surface area contributed by atoms with Gasteiger partial charge in [0, 0.05) is 17.1 Å². The van der Waals surface area contributed by atoms with Gasteiger partial charge in [-0.05, 0) is 24.6 Å². The standard InChI is InChI=1S/C11H10F3NO/c1-6-5-15-8-3-7(11(12,13)14)4-9(16-2)10(6)8/h3-5,15H,1-2H3. The first-order valence-corrected chi connectivity index (χ1v) is 4.66. The van der Waals surface area contributed by atoms with Crippen LogP contribution in [-0.2, 0) is 6.18 Å². The Bertz CT molecular complexity index is 528. The number of hydrogen-bond acceptors (Lipinski definition) is 1. The molecule has 16 heavy (non-hydrogen) atoms. The van der Waals surface area contributed by atoms with Gasteiger partial charge < -0.3 is 9.72 Å². The van der Waals surface area contributed by atoms with Crippen LogP contribution < -0.4 is 4.74 Å². The molecule has 2 rings (SSSR count). The number of rotatable bonds is 1. The van der Waals surface area contributed by atoms with Gasteiger partial charge in [0.2, 0.25) is 0 Å². The lowest BCUT2D eigenvalue weighted by molar-refractivity contribution is -0.137. The highest BCUT2D eigenvalue weighted by Gasteiger charge is 2.32. The maximum Gasteiger partial charge on any atom is 0.416 e. The van der Waals surface area contributed by atoms with Crippen LogP contribution in [0, 0.1) is 6.92 Å². The molecule has 1 aromatic carbocycles. The van der Waals surface area contributed by atoms with Crippen molar-refractivity contribution in [3.63, 3.8) is 0 Å². The number of halogens is 3. The number of aromatic amines is 1. The average molecular weight is 229 g/mol. The molecule has 2 aromatic rings. The molecule has 0 aliphatic heterocycles. The maximum atomic E-state index is 12.6. The lowest BCUT2D eigenvalue weighted by Crippen LogP contribution is -2.05. The number of hydrogen-bond donors (Lipinski definition) is 1. The summed E-state index contributed by atoms with van der Waals surface area (Å²) in [6, 6.07) is 2.11. The minimum atomic E-state index is -4.36. The summed E-state index contributed by atoms with van der Waals surface area (Å²) < 4.78 is 42.7. The second-order valence-electron chi connectivity index (χ2n) is 3.57. The number of aryl methyl sites for hydroxylation is 1. The van der Waals surface area contributed by atoms with Crippen LogP contribution in [0.4, 0.5) is 13.2 Å². The van der Waals surface area contributed by atoms with Crippen LogP contribution in [0.15, 0.2) is 18.3 Å². The van der Waals surface area contributed by atoms with Crippen molar-refractivity contribution in [3.8, 4) is 5.75 Å². The van der Waals surface area contributed by atoms with Crippen LogP contribution in [0.2, 0.25) is 0 Å². The fourth-order valence-corrected chi connectivity index (χ4v) is 1.72. The Balaban J connectivity index is 2.75. The summed E-state index contributed by atoms with van der Waals surface area (Å²) in [6.07, 6.45) is -2.70. The van der Waals surface area contributed by atoms with Gasteiger partial charge in [0.25, 0.3) is 0 Å². The topological polar surface area (TPSA) is 25.0 Å². The van der Waals surface area contributed by atoms with Crippen LogP contribution in [0.5, 0.6) is 5.75 Å². The van der Waals surface area contributed by atoms with Gasteiger partial charge >= 0.3 is 6.18 Å². The molecule has 5 heteroatoms. The minimum Gasteiger partial charge on any atom is -0.496 e. The van der Waals surface area contributed by atoms with Crippen LogP contribution in [0.3, 0.4) is 0 Å². The number of alkyl halides is 3. The third kappa shape index (κ3) is 1.62. The molecule has 0 bridgehead atoms. The van der Waals surface area contributed by atoms with E-state index in [1.165, 1.54) is 7.11 Å². The molecule has 0 radical (unpaired) electrons. The van der Waals surface area contributed by atoms with E-state index in [4.69, 9.17) is 4.74 Å². The number of aromatic nitrogens is 1. The highest BCUT2D eigenvalue weighted by atomic mass is 19.4. The van der Waals surface area contributed by atoms with E-state index in [0.29, 0.717) is 10.9 Å². The van der Waals surface area contributed by atoms with E-state index < -0.39 is 11.7 Å². The Hall–Kier alpha value is -1.65. The fourth-order valence-electron chi connectivity index (χ4n) is 1.72. The van der Waals surface area contributed by atoms with Crippen molar-refractivity contribution in [2.75, 3.05) is 7.11 Å². The van der Waals surface area contributed by atoms with E-state index in [1.54, 1.807) is 6.20 Å². The number of methoxy groups -OCH3 is 1. The van der Waals surface area contributed by atoms with Gasteiger partial charge in [-0.2, -0.15) is 13.2 Å². The fraction of sp³-hybridized carbons (Fsp3) is 0.273. The molecule has 0 saturated heterocycles. The van der Waals surface area contributed by atoms with Gasteiger partial charge in [0.15, 0.2) is 0 Å². The molecular weight excluding hydrogens is 219 g/mol. The first-order chi connectivity index (χ1) is 7.43. The molecule has 1 aromatic heterocycles. The van der Waals surface area contributed by atoms with Crippen molar-refractivity contribution in [3.05, 3.63) is 29.5 Å². The molecule has 0 amide bonds. The predicted molar refractivity (Wildman–Crippen MR) is 54.6 cm³/mol. The number of benzene rings is 1. The normalized spacial score (nSPS) is 12.1. The highest BCUT2D eigenvalue weighted by molar-refractivity contribution is 5.89. The van der Waals surface area contributed by atoms with Gasteiger partial charge in [0.1, 0.15) is 5.75 Å². The molecule has 0 saturated carbocycles. The number of H-pyrrole nitrogens is 1. The molecule has 0 unspecified atom stereocenters. The SMILES string of the molecule is COc1cc(C(F)(F)F)cc2[nH]cc(C)c12. The van der Waals surface area contributed by atoms with Gasteiger partial charge in [-0.1, -0.05) is 0 Å². The third-order valence-corrected chi connectivity index (χ3v) is 2.49. The summed E-state index contributed by atoms with van der Waals surface area (Å²) in [5, 5.41) is 0.690. The van der Waals surface area contributed by atoms with Gasteiger partial charge in [-0.3, -0.25) is 0 Å². The number of fused-ring (bicyclic) bond motifs is 1. The Morgan fingerprint density at radius 1 is 1.25 bits per heavy atom. The molecule has 1 heterocycles. The lowest BCUT2D eigenvalue weighted by Gasteiger charge is -2.10. The average Bonchev–Trinajstić information content (AvgIpc) is 2.58. The largest absolute Gasteiger partial charge is 0.496 e. The molecule has 0 fully saturated rings. The van der Waals surface area contributed by atoms with E-state index >= 15 is 0 Å². The van der Waals surface area contributed by atoms with Gasteiger partial charge in [0.05, 0.1) is 12.7 Å². The molecule has 2 nitrogen and oxygen atoms in total. The van der Waals surface area contributed by atoms with Gasteiger partial charge in [-0.25, -0.2) is 0 Å². The molecule has 86 valence electrons. The Kier molecular flexibility index (Phi) is 2.33. The van der Waals surface area contributed by atoms with Crippen molar-refractivity contribution < 1.29 is 17.9 Å². The van der Waals surface area contributed by atoms with Crippen molar-refractivity contribution >= 4 is 10.9 Å². The minimum absolute atomic E-state index is 0.239. The van der Waals surface area contributed by atoms with Crippen molar-refractivity contribution in [1.82, 2.24) is 4.98 Å². The Labute approximate surface area is 90.0 Å². The Morgan fingerprint density at radius 2 is 1.94 bits per heavy atom. The zero-order valence-corrected chi connectivity index (χ0v) is 8.77. The van der Waals surface area contributed by atoms with Crippen molar-refractivity contribution in [1.29, 1.82) is 0 Å². The second kappa shape index (κ2) is 3.43.